The zero-order chi connectivity index (χ0) is 28.5. The van der Waals surface area contributed by atoms with Crippen LogP contribution in [0.4, 0.5) is 11.5 Å². The third-order valence-electron chi connectivity index (χ3n) is 7.09. The molecule has 1 aliphatic carbocycles. The van der Waals surface area contributed by atoms with E-state index in [1.165, 1.54) is 24.6 Å². The number of rotatable bonds is 8. The van der Waals surface area contributed by atoms with Gasteiger partial charge < -0.3 is 20.3 Å². The van der Waals surface area contributed by atoms with Crippen LogP contribution in [0.1, 0.15) is 54.9 Å². The summed E-state index contributed by atoms with van der Waals surface area (Å²) >= 11 is 8.01. The van der Waals surface area contributed by atoms with Crippen LogP contribution < -0.4 is 15.4 Å². The normalized spacial score (nSPS) is 16.5. The van der Waals surface area contributed by atoms with Crippen LogP contribution >= 0.6 is 22.9 Å². The number of pyridine rings is 2. The lowest BCUT2D eigenvalue weighted by Crippen LogP contribution is -2.46. The number of anilines is 2. The number of methoxy groups -OCH3 is 1. The van der Waals surface area contributed by atoms with Crippen molar-refractivity contribution >= 4 is 52.2 Å². The summed E-state index contributed by atoms with van der Waals surface area (Å²) in [4.78, 5) is 52.2. The number of benzene rings is 1. The third kappa shape index (κ3) is 5.79. The summed E-state index contributed by atoms with van der Waals surface area (Å²) in [6.45, 7) is 0.124. The van der Waals surface area contributed by atoms with E-state index in [4.69, 9.17) is 16.3 Å². The minimum absolute atomic E-state index is 0.124. The lowest BCUT2D eigenvalue weighted by Gasteiger charge is -2.28. The van der Waals surface area contributed by atoms with Gasteiger partial charge in [0.15, 0.2) is 0 Å². The number of nitrogens with one attached hydrogen (secondary N) is 2. The van der Waals surface area contributed by atoms with Gasteiger partial charge in [0.2, 0.25) is 5.91 Å². The molecule has 41 heavy (non-hydrogen) atoms. The predicted molar refractivity (Wildman–Crippen MR) is 157 cm³/mol. The molecule has 1 unspecified atom stereocenters. The molecule has 1 aromatic carbocycles. The molecular weight excluding hydrogens is 562 g/mol. The summed E-state index contributed by atoms with van der Waals surface area (Å²) in [5.74, 6) is 0.413. The Morgan fingerprint density at radius 2 is 1.98 bits per heavy atom. The second-order valence-corrected chi connectivity index (χ2v) is 11.5. The standard InChI is InChI=1S/C30H26ClN5O4S/c1-40-20-9-11-33-26(14-20)35-28(37)21-8-5-17(12-22(21)31)16-36-24(13-19-4-2-3-10-32-19)29(38)34-23-15-25(18-6-7-18)41-27(23)30(36)39/h2-5,8-12,14-15,18,24H,6-7,13,16H2,1H3,(H,34,38)(H,33,35,37). The van der Waals surface area contributed by atoms with E-state index in [0.717, 1.165) is 17.7 Å². The van der Waals surface area contributed by atoms with Gasteiger partial charge in [0.05, 0.1) is 23.4 Å². The Kier molecular flexibility index (Phi) is 7.42. The maximum absolute atomic E-state index is 14.0. The first kappa shape index (κ1) is 26.9. The van der Waals surface area contributed by atoms with Gasteiger partial charge in [-0.05, 0) is 60.7 Å². The minimum atomic E-state index is -0.790. The van der Waals surface area contributed by atoms with Crippen LogP contribution in [0.2, 0.25) is 5.02 Å². The van der Waals surface area contributed by atoms with E-state index in [1.54, 1.807) is 47.5 Å². The molecule has 0 saturated heterocycles. The summed E-state index contributed by atoms with van der Waals surface area (Å²) < 4.78 is 5.18. The Morgan fingerprint density at radius 1 is 1.12 bits per heavy atom. The first-order chi connectivity index (χ1) is 19.9. The van der Waals surface area contributed by atoms with Gasteiger partial charge in [0.1, 0.15) is 22.5 Å². The van der Waals surface area contributed by atoms with Crippen molar-refractivity contribution in [3.05, 3.63) is 98.6 Å². The monoisotopic (exact) mass is 587 g/mol. The van der Waals surface area contributed by atoms with E-state index >= 15 is 0 Å². The minimum Gasteiger partial charge on any atom is -0.497 e. The van der Waals surface area contributed by atoms with Crippen molar-refractivity contribution in [1.82, 2.24) is 14.9 Å². The van der Waals surface area contributed by atoms with Gasteiger partial charge >= 0.3 is 0 Å². The van der Waals surface area contributed by atoms with Crippen LogP contribution in [0.25, 0.3) is 0 Å². The molecule has 1 aliphatic heterocycles. The van der Waals surface area contributed by atoms with Gasteiger partial charge in [-0.25, -0.2) is 4.98 Å². The first-order valence-electron chi connectivity index (χ1n) is 13.1. The highest BCUT2D eigenvalue weighted by Gasteiger charge is 2.38. The van der Waals surface area contributed by atoms with E-state index in [0.29, 0.717) is 39.3 Å². The van der Waals surface area contributed by atoms with Crippen molar-refractivity contribution in [2.24, 2.45) is 0 Å². The molecule has 4 heterocycles. The first-order valence-corrected chi connectivity index (χ1v) is 14.3. The number of ether oxygens (including phenoxy) is 1. The highest BCUT2D eigenvalue weighted by Crippen LogP contribution is 2.46. The molecule has 6 rings (SSSR count). The Bertz CT molecular complexity index is 1640. The Morgan fingerprint density at radius 3 is 2.71 bits per heavy atom. The summed E-state index contributed by atoms with van der Waals surface area (Å²) in [5.41, 5.74) is 2.20. The molecule has 1 saturated carbocycles. The molecule has 0 bridgehead atoms. The fourth-order valence-corrected chi connectivity index (χ4v) is 6.32. The molecule has 9 nitrogen and oxygen atoms in total. The van der Waals surface area contributed by atoms with Crippen LogP contribution in [0.5, 0.6) is 5.75 Å². The number of hydrogen-bond acceptors (Lipinski definition) is 7. The number of aromatic nitrogens is 2. The number of hydrogen-bond donors (Lipinski definition) is 2. The molecule has 3 amide bonds. The number of carbonyl (C=O) groups is 3. The molecule has 2 aliphatic rings. The quantitative estimate of drug-likeness (QED) is 0.280. The molecule has 3 aromatic heterocycles. The van der Waals surface area contributed by atoms with Gasteiger partial charge in [0.25, 0.3) is 11.8 Å². The molecule has 1 fully saturated rings. The van der Waals surface area contributed by atoms with Crippen molar-refractivity contribution in [1.29, 1.82) is 0 Å². The number of carbonyl (C=O) groups excluding carboxylic acids is 3. The van der Waals surface area contributed by atoms with Crippen molar-refractivity contribution in [2.75, 3.05) is 17.7 Å². The molecule has 1 atom stereocenters. The fourth-order valence-electron chi connectivity index (χ4n) is 4.79. The third-order valence-corrected chi connectivity index (χ3v) is 8.69. The summed E-state index contributed by atoms with van der Waals surface area (Å²) in [5, 5.41) is 5.93. The van der Waals surface area contributed by atoms with Crippen molar-refractivity contribution in [3.8, 4) is 5.75 Å². The zero-order valence-electron chi connectivity index (χ0n) is 22.1. The number of nitrogens with zero attached hydrogens (tertiary/aromatic N) is 3. The Hall–Kier alpha value is -4.28. The predicted octanol–water partition coefficient (Wildman–Crippen LogP) is 5.54. The van der Waals surface area contributed by atoms with Crippen LogP contribution in [-0.2, 0) is 17.8 Å². The maximum Gasteiger partial charge on any atom is 0.267 e. The van der Waals surface area contributed by atoms with Crippen LogP contribution in [-0.4, -0.2) is 45.7 Å². The van der Waals surface area contributed by atoms with Crippen molar-refractivity contribution in [2.45, 2.75) is 37.8 Å². The van der Waals surface area contributed by atoms with E-state index in [1.807, 2.05) is 18.2 Å². The van der Waals surface area contributed by atoms with Gasteiger partial charge in [-0.2, -0.15) is 0 Å². The fraction of sp³-hybridized carbons (Fsp3) is 0.233. The maximum atomic E-state index is 14.0. The van der Waals surface area contributed by atoms with E-state index < -0.39 is 11.9 Å². The molecule has 2 N–H and O–H groups in total. The Balaban J connectivity index is 1.28. The van der Waals surface area contributed by atoms with E-state index in [9.17, 15) is 14.4 Å². The van der Waals surface area contributed by atoms with Crippen molar-refractivity contribution in [3.63, 3.8) is 0 Å². The molecule has 0 radical (unpaired) electrons. The number of halogens is 1. The second-order valence-electron chi connectivity index (χ2n) is 9.98. The molecule has 208 valence electrons. The summed E-state index contributed by atoms with van der Waals surface area (Å²) in [7, 11) is 1.53. The molecular formula is C30H26ClN5O4S. The number of thiophene rings is 1. The second kappa shape index (κ2) is 11.3. The largest absolute Gasteiger partial charge is 0.497 e. The Labute approximate surface area is 245 Å². The van der Waals surface area contributed by atoms with E-state index in [-0.39, 0.29) is 35.4 Å². The van der Waals surface area contributed by atoms with Crippen LogP contribution in [0, 0.1) is 0 Å². The topological polar surface area (TPSA) is 114 Å². The molecule has 0 spiro atoms. The SMILES string of the molecule is COc1ccnc(NC(=O)c2ccc(CN3C(=O)c4sc(C5CC5)cc4NC(=O)C3Cc3ccccn3)cc2Cl)c1. The highest BCUT2D eigenvalue weighted by atomic mass is 35.5. The van der Waals surface area contributed by atoms with E-state index in [2.05, 4.69) is 20.6 Å². The van der Waals surface area contributed by atoms with Gasteiger partial charge in [-0.3, -0.25) is 19.4 Å². The molecule has 4 aromatic rings. The lowest BCUT2D eigenvalue weighted by molar-refractivity contribution is -0.120. The summed E-state index contributed by atoms with van der Waals surface area (Å²) in [6, 6.07) is 14.9. The average Bonchev–Trinajstić information content (AvgIpc) is 3.75. The van der Waals surface area contributed by atoms with Crippen LogP contribution in [0.15, 0.2) is 67.0 Å². The zero-order valence-corrected chi connectivity index (χ0v) is 23.7. The summed E-state index contributed by atoms with van der Waals surface area (Å²) in [6.07, 6.45) is 5.64. The molecule has 11 heteroatoms. The highest BCUT2D eigenvalue weighted by molar-refractivity contribution is 7.14. The van der Waals surface area contributed by atoms with Crippen LogP contribution in [0.3, 0.4) is 0 Å². The number of fused-ring (bicyclic) bond motifs is 1. The van der Waals surface area contributed by atoms with Gasteiger partial charge in [0, 0.05) is 42.0 Å². The lowest BCUT2D eigenvalue weighted by atomic mass is 10.1. The average molecular weight is 588 g/mol. The van der Waals surface area contributed by atoms with Crippen molar-refractivity contribution < 1.29 is 19.1 Å². The van der Waals surface area contributed by atoms with Gasteiger partial charge in [-0.1, -0.05) is 23.7 Å². The number of amides is 3. The van der Waals surface area contributed by atoms with Gasteiger partial charge in [-0.15, -0.1) is 11.3 Å². The smallest absolute Gasteiger partial charge is 0.267 e.